The first-order chi connectivity index (χ1) is 10.7. The summed E-state index contributed by atoms with van der Waals surface area (Å²) in [4.78, 5) is 11.8. The average molecular weight is 298 g/mol. The largest absolute Gasteiger partial charge is 0.492 e. The number of Topliss-reactive ketones (excluding diaryl/α,β-unsaturated/α-hetero) is 1. The van der Waals surface area contributed by atoms with Crippen molar-refractivity contribution in [2.24, 2.45) is 0 Å². The first-order valence-corrected chi connectivity index (χ1v) is 8.39. The molecule has 0 aromatic heterocycles. The van der Waals surface area contributed by atoms with E-state index in [0.29, 0.717) is 12.2 Å². The van der Waals surface area contributed by atoms with Crippen LogP contribution < -0.4 is 4.74 Å². The number of fused-ring (bicyclic) bond motifs is 1. The first-order valence-electron chi connectivity index (χ1n) is 8.39. The van der Waals surface area contributed by atoms with Crippen molar-refractivity contribution in [3.05, 3.63) is 42.0 Å². The molecule has 2 nitrogen and oxygen atoms in total. The number of hydrogen-bond donors (Lipinski definition) is 0. The van der Waals surface area contributed by atoms with Gasteiger partial charge in [0.05, 0.1) is 12.2 Å². The molecule has 0 saturated heterocycles. The molecule has 22 heavy (non-hydrogen) atoms. The van der Waals surface area contributed by atoms with E-state index in [0.717, 1.165) is 22.9 Å². The van der Waals surface area contributed by atoms with Crippen LogP contribution in [0.15, 0.2) is 36.4 Å². The molecule has 0 fully saturated rings. The second kappa shape index (κ2) is 8.57. The highest BCUT2D eigenvalue weighted by Crippen LogP contribution is 2.30. The topological polar surface area (TPSA) is 26.3 Å². The van der Waals surface area contributed by atoms with Crippen molar-refractivity contribution in [2.75, 3.05) is 6.61 Å². The van der Waals surface area contributed by atoms with Gasteiger partial charge >= 0.3 is 0 Å². The molecule has 0 bridgehead atoms. The fourth-order valence-electron chi connectivity index (χ4n) is 2.73. The summed E-state index contributed by atoms with van der Waals surface area (Å²) >= 11 is 0. The molecule has 0 N–H and O–H groups in total. The van der Waals surface area contributed by atoms with Crippen LogP contribution in [0.2, 0.25) is 0 Å². The normalized spacial score (nSPS) is 10.8. The van der Waals surface area contributed by atoms with Crippen LogP contribution in [0.1, 0.15) is 62.7 Å². The summed E-state index contributed by atoms with van der Waals surface area (Å²) in [6, 6.07) is 11.9. The molecule has 2 heteroatoms. The Morgan fingerprint density at radius 1 is 0.955 bits per heavy atom. The molecule has 0 saturated carbocycles. The maximum atomic E-state index is 11.8. The van der Waals surface area contributed by atoms with E-state index < -0.39 is 0 Å². The number of ether oxygens (including phenoxy) is 1. The van der Waals surface area contributed by atoms with E-state index in [2.05, 4.69) is 13.0 Å². The van der Waals surface area contributed by atoms with Gasteiger partial charge in [-0.3, -0.25) is 4.79 Å². The Bertz CT molecular complexity index is 616. The lowest BCUT2D eigenvalue weighted by Crippen LogP contribution is -2.03. The minimum atomic E-state index is 0.0590. The highest BCUT2D eigenvalue weighted by Gasteiger charge is 2.12. The molecule has 0 aliphatic carbocycles. The number of rotatable bonds is 9. The van der Waals surface area contributed by atoms with Crippen molar-refractivity contribution in [3.63, 3.8) is 0 Å². The van der Waals surface area contributed by atoms with Crippen LogP contribution in [0.25, 0.3) is 10.8 Å². The van der Waals surface area contributed by atoms with E-state index in [1.807, 2.05) is 30.3 Å². The molecular formula is C20H26O2. The summed E-state index contributed by atoms with van der Waals surface area (Å²) in [6.07, 6.45) is 7.41. The third kappa shape index (κ3) is 4.33. The molecule has 0 unspecified atom stereocenters. The van der Waals surface area contributed by atoms with Gasteiger partial charge in [-0.2, -0.15) is 0 Å². The predicted molar refractivity (Wildman–Crippen MR) is 92.8 cm³/mol. The summed E-state index contributed by atoms with van der Waals surface area (Å²) in [5.41, 5.74) is 0.685. The summed E-state index contributed by atoms with van der Waals surface area (Å²) < 4.78 is 6.00. The Morgan fingerprint density at radius 3 is 2.45 bits per heavy atom. The van der Waals surface area contributed by atoms with Gasteiger partial charge in [-0.1, -0.05) is 69.4 Å². The van der Waals surface area contributed by atoms with E-state index >= 15 is 0 Å². The van der Waals surface area contributed by atoms with E-state index in [1.165, 1.54) is 32.1 Å². The Balaban J connectivity index is 2.02. The lowest BCUT2D eigenvalue weighted by molar-refractivity contribution is 0.101. The highest BCUT2D eigenvalue weighted by atomic mass is 16.5. The molecule has 0 atom stereocenters. The Kier molecular flexibility index (Phi) is 6.45. The zero-order valence-electron chi connectivity index (χ0n) is 13.7. The van der Waals surface area contributed by atoms with Crippen molar-refractivity contribution in [2.45, 2.75) is 52.4 Å². The maximum Gasteiger partial charge on any atom is 0.163 e. The quantitative estimate of drug-likeness (QED) is 0.433. The molecule has 2 aromatic rings. The highest BCUT2D eigenvalue weighted by molar-refractivity contribution is 6.03. The van der Waals surface area contributed by atoms with Crippen molar-refractivity contribution >= 4 is 16.6 Å². The standard InChI is InChI=1S/C20H26O2/c1-3-4-5-6-7-10-15-22-20-18(16(2)21)14-13-17-11-8-9-12-19(17)20/h8-9,11-14H,3-7,10,15H2,1-2H3. The molecule has 0 spiro atoms. The van der Waals surface area contributed by atoms with Crippen LogP contribution in [-0.2, 0) is 0 Å². The van der Waals surface area contributed by atoms with Gasteiger partial charge in [0.25, 0.3) is 0 Å². The van der Waals surface area contributed by atoms with Crippen LogP contribution in [0.3, 0.4) is 0 Å². The summed E-state index contributed by atoms with van der Waals surface area (Å²) in [7, 11) is 0. The van der Waals surface area contributed by atoms with Gasteiger partial charge < -0.3 is 4.74 Å². The lowest BCUT2D eigenvalue weighted by atomic mass is 10.0. The minimum absolute atomic E-state index is 0.0590. The lowest BCUT2D eigenvalue weighted by Gasteiger charge is -2.13. The van der Waals surface area contributed by atoms with Crippen LogP contribution in [0.4, 0.5) is 0 Å². The van der Waals surface area contributed by atoms with Crippen molar-refractivity contribution < 1.29 is 9.53 Å². The van der Waals surface area contributed by atoms with Crippen LogP contribution in [0, 0.1) is 0 Å². The smallest absolute Gasteiger partial charge is 0.163 e. The van der Waals surface area contributed by atoms with E-state index in [-0.39, 0.29) is 5.78 Å². The summed E-state index contributed by atoms with van der Waals surface area (Å²) in [5, 5.41) is 2.15. The van der Waals surface area contributed by atoms with E-state index in [9.17, 15) is 4.79 Å². The zero-order valence-corrected chi connectivity index (χ0v) is 13.7. The number of unbranched alkanes of at least 4 members (excludes halogenated alkanes) is 5. The van der Waals surface area contributed by atoms with E-state index in [1.54, 1.807) is 6.92 Å². The van der Waals surface area contributed by atoms with Gasteiger partial charge in [-0.15, -0.1) is 0 Å². The molecule has 0 radical (unpaired) electrons. The Hall–Kier alpha value is -1.83. The third-order valence-corrected chi connectivity index (χ3v) is 4.00. The van der Waals surface area contributed by atoms with Crippen molar-refractivity contribution in [1.29, 1.82) is 0 Å². The van der Waals surface area contributed by atoms with Gasteiger partial charge in [-0.05, 0) is 24.8 Å². The van der Waals surface area contributed by atoms with Crippen LogP contribution >= 0.6 is 0 Å². The number of benzene rings is 2. The molecule has 2 aromatic carbocycles. The summed E-state index contributed by atoms with van der Waals surface area (Å²) in [6.45, 7) is 4.51. The van der Waals surface area contributed by atoms with E-state index in [4.69, 9.17) is 4.74 Å². The van der Waals surface area contributed by atoms with Gasteiger partial charge in [0.15, 0.2) is 5.78 Å². The number of carbonyl (C=O) groups excluding carboxylic acids is 1. The Morgan fingerprint density at radius 2 is 1.68 bits per heavy atom. The van der Waals surface area contributed by atoms with Crippen molar-refractivity contribution in [1.82, 2.24) is 0 Å². The van der Waals surface area contributed by atoms with Gasteiger partial charge in [0.2, 0.25) is 0 Å². The maximum absolute atomic E-state index is 11.8. The zero-order chi connectivity index (χ0) is 15.8. The number of ketones is 1. The second-order valence-corrected chi connectivity index (χ2v) is 5.84. The fraction of sp³-hybridized carbons (Fsp3) is 0.450. The van der Waals surface area contributed by atoms with Crippen LogP contribution in [-0.4, -0.2) is 12.4 Å². The molecule has 0 amide bonds. The Labute approximate surface area is 133 Å². The van der Waals surface area contributed by atoms with Crippen LogP contribution in [0.5, 0.6) is 5.75 Å². The van der Waals surface area contributed by atoms with Crippen molar-refractivity contribution in [3.8, 4) is 5.75 Å². The molecule has 0 aliphatic rings. The molecule has 0 aliphatic heterocycles. The van der Waals surface area contributed by atoms with Gasteiger partial charge in [-0.25, -0.2) is 0 Å². The number of carbonyl (C=O) groups is 1. The summed E-state index contributed by atoms with van der Waals surface area (Å²) in [5.74, 6) is 0.808. The number of hydrogen-bond acceptors (Lipinski definition) is 2. The average Bonchev–Trinajstić information content (AvgIpc) is 2.53. The van der Waals surface area contributed by atoms with Gasteiger partial charge in [0.1, 0.15) is 5.75 Å². The molecule has 2 rings (SSSR count). The SMILES string of the molecule is CCCCCCCCOc1c(C(C)=O)ccc2ccccc12. The minimum Gasteiger partial charge on any atom is -0.492 e. The predicted octanol–water partition coefficient (Wildman–Crippen LogP) is 5.78. The molecule has 118 valence electrons. The monoisotopic (exact) mass is 298 g/mol. The molecule has 0 heterocycles. The van der Waals surface area contributed by atoms with Gasteiger partial charge in [0, 0.05) is 5.39 Å². The first kappa shape index (κ1) is 16.5. The third-order valence-electron chi connectivity index (χ3n) is 4.00. The fourth-order valence-corrected chi connectivity index (χ4v) is 2.73. The second-order valence-electron chi connectivity index (χ2n) is 5.84. The molecular weight excluding hydrogens is 272 g/mol.